The third kappa shape index (κ3) is 3.74. The second kappa shape index (κ2) is 6.03. The highest BCUT2D eigenvalue weighted by molar-refractivity contribution is 4.65. The smallest absolute Gasteiger partial charge is 0.243 e. The van der Waals surface area contributed by atoms with Crippen LogP contribution in [0.2, 0.25) is 0 Å². The number of halogens is 1. The molecule has 0 saturated carbocycles. The van der Waals surface area contributed by atoms with Crippen molar-refractivity contribution in [2.75, 3.05) is 6.54 Å². The Bertz CT molecular complexity index is 210. The van der Waals surface area contributed by atoms with Crippen molar-refractivity contribution in [1.82, 2.24) is 4.57 Å². The first kappa shape index (κ1) is 11.5. The van der Waals surface area contributed by atoms with Crippen molar-refractivity contribution in [2.24, 2.45) is 12.8 Å². The van der Waals surface area contributed by atoms with E-state index in [1.807, 2.05) is 17.8 Å². The summed E-state index contributed by atoms with van der Waals surface area (Å²) >= 11 is 0. The zero-order valence-electron chi connectivity index (χ0n) is 7.41. The van der Waals surface area contributed by atoms with Gasteiger partial charge in [-0.25, -0.2) is 9.13 Å². The normalized spacial score (nSPS) is 9.50. The molecule has 0 radical (unpaired) electrons. The van der Waals surface area contributed by atoms with E-state index in [1.165, 1.54) is 6.42 Å². The summed E-state index contributed by atoms with van der Waals surface area (Å²) in [6.45, 7) is 1.88. The maximum Gasteiger partial charge on any atom is 0.243 e. The number of hydrogen-bond donors (Lipinski definition) is 1. The van der Waals surface area contributed by atoms with Crippen LogP contribution in [-0.2, 0) is 13.6 Å². The lowest BCUT2D eigenvalue weighted by atomic mass is 10.3. The molecule has 4 heteroatoms. The van der Waals surface area contributed by atoms with Gasteiger partial charge in [-0.1, -0.05) is 0 Å². The number of unbranched alkanes of at least 4 members (excludes halogenated alkanes) is 1. The molecule has 0 spiro atoms. The van der Waals surface area contributed by atoms with Gasteiger partial charge in [0.25, 0.3) is 0 Å². The molecule has 70 valence electrons. The van der Waals surface area contributed by atoms with Gasteiger partial charge in [0.05, 0.1) is 13.6 Å². The Labute approximate surface area is 79.6 Å². The Balaban J connectivity index is 0.00000121. The Hall–Kier alpha value is -0.540. The van der Waals surface area contributed by atoms with Crippen molar-refractivity contribution in [2.45, 2.75) is 19.4 Å². The fourth-order valence-corrected chi connectivity index (χ4v) is 1.07. The van der Waals surface area contributed by atoms with Crippen molar-refractivity contribution in [3.8, 4) is 0 Å². The van der Waals surface area contributed by atoms with E-state index in [0.717, 1.165) is 19.5 Å². The monoisotopic (exact) mass is 189 g/mol. The summed E-state index contributed by atoms with van der Waals surface area (Å²) in [7, 11) is 2.03. The van der Waals surface area contributed by atoms with E-state index in [0.29, 0.717) is 0 Å². The second-order valence-electron chi connectivity index (χ2n) is 2.81. The Morgan fingerprint density at radius 2 is 2.17 bits per heavy atom. The van der Waals surface area contributed by atoms with Crippen LogP contribution in [0, 0.1) is 0 Å². The predicted molar refractivity (Wildman–Crippen MR) is 43.9 cm³/mol. The van der Waals surface area contributed by atoms with Gasteiger partial charge < -0.3 is 18.1 Å². The van der Waals surface area contributed by atoms with Gasteiger partial charge in [0.1, 0.15) is 12.4 Å². The number of nitrogens with two attached hydrogens (primary N) is 1. The topological polar surface area (TPSA) is 34.8 Å². The standard InChI is InChI=1S/C8H16N3.ClH/c1-10-6-7-11(8-10)5-3-2-4-9;/h6-8H,2-5,9H2,1H3;1H/q+1;/p-1. The zero-order valence-corrected chi connectivity index (χ0v) is 8.17. The van der Waals surface area contributed by atoms with Gasteiger partial charge in [0, 0.05) is 0 Å². The second-order valence-corrected chi connectivity index (χ2v) is 2.81. The minimum absolute atomic E-state index is 0. The Morgan fingerprint density at radius 1 is 1.42 bits per heavy atom. The average Bonchev–Trinajstić information content (AvgIpc) is 2.37. The Kier molecular flexibility index (Phi) is 5.76. The number of nitrogens with zero attached hydrogens (tertiary/aromatic N) is 2. The van der Waals surface area contributed by atoms with E-state index < -0.39 is 0 Å². The summed E-state index contributed by atoms with van der Waals surface area (Å²) in [4.78, 5) is 0. The van der Waals surface area contributed by atoms with Gasteiger partial charge in [-0.05, 0) is 19.4 Å². The molecule has 12 heavy (non-hydrogen) atoms. The van der Waals surface area contributed by atoms with Crippen LogP contribution in [0.15, 0.2) is 18.7 Å². The molecule has 0 atom stereocenters. The minimum atomic E-state index is 0. The number of aromatic nitrogens is 2. The molecular formula is C8H16ClN3. The Morgan fingerprint density at radius 3 is 2.67 bits per heavy atom. The van der Waals surface area contributed by atoms with Crippen LogP contribution in [0.1, 0.15) is 12.8 Å². The largest absolute Gasteiger partial charge is 1.00 e. The van der Waals surface area contributed by atoms with E-state index >= 15 is 0 Å². The molecule has 1 aromatic rings. The molecule has 3 nitrogen and oxygen atoms in total. The van der Waals surface area contributed by atoms with Gasteiger partial charge in [0.2, 0.25) is 6.33 Å². The van der Waals surface area contributed by atoms with Crippen molar-refractivity contribution in [1.29, 1.82) is 0 Å². The molecule has 0 aliphatic heterocycles. The SMILES string of the molecule is C[n+]1ccn(CCCCN)c1.[Cl-]. The van der Waals surface area contributed by atoms with Gasteiger partial charge in [0.15, 0.2) is 0 Å². The van der Waals surface area contributed by atoms with Crippen LogP contribution >= 0.6 is 0 Å². The maximum absolute atomic E-state index is 5.38. The first-order valence-electron chi connectivity index (χ1n) is 4.04. The molecule has 0 amide bonds. The van der Waals surface area contributed by atoms with E-state index in [-0.39, 0.29) is 12.4 Å². The van der Waals surface area contributed by atoms with Gasteiger partial charge >= 0.3 is 0 Å². The molecule has 2 N–H and O–H groups in total. The highest BCUT2D eigenvalue weighted by atomic mass is 35.5. The molecule has 0 aliphatic rings. The van der Waals surface area contributed by atoms with E-state index in [4.69, 9.17) is 5.73 Å². The van der Waals surface area contributed by atoms with Gasteiger partial charge in [-0.15, -0.1) is 0 Å². The van der Waals surface area contributed by atoms with Crippen LogP contribution in [0.3, 0.4) is 0 Å². The molecule has 1 rings (SSSR count). The molecule has 0 bridgehead atoms. The molecule has 1 heterocycles. The summed E-state index contributed by atoms with van der Waals surface area (Å²) in [6.07, 6.45) is 8.49. The number of aryl methyl sites for hydroxylation is 2. The molecule has 0 unspecified atom stereocenters. The van der Waals surface area contributed by atoms with Crippen LogP contribution in [0.5, 0.6) is 0 Å². The highest BCUT2D eigenvalue weighted by Gasteiger charge is 1.97. The lowest BCUT2D eigenvalue weighted by Gasteiger charge is -1.93. The average molecular weight is 190 g/mol. The summed E-state index contributed by atoms with van der Waals surface area (Å²) in [6, 6.07) is 0. The summed E-state index contributed by atoms with van der Waals surface area (Å²) in [5, 5.41) is 0. The molecule has 0 saturated heterocycles. The zero-order chi connectivity index (χ0) is 8.10. The lowest BCUT2D eigenvalue weighted by molar-refractivity contribution is -0.671. The first-order chi connectivity index (χ1) is 5.33. The fourth-order valence-electron chi connectivity index (χ4n) is 1.07. The van der Waals surface area contributed by atoms with Crippen molar-refractivity contribution >= 4 is 0 Å². The van der Waals surface area contributed by atoms with E-state index in [2.05, 4.69) is 17.1 Å². The van der Waals surface area contributed by atoms with Crippen LogP contribution in [-0.4, -0.2) is 11.1 Å². The minimum Gasteiger partial charge on any atom is -1.00 e. The predicted octanol–water partition coefficient (Wildman–Crippen LogP) is -2.94. The van der Waals surface area contributed by atoms with Crippen molar-refractivity contribution in [3.05, 3.63) is 18.7 Å². The first-order valence-corrected chi connectivity index (χ1v) is 4.04. The number of imidazole rings is 1. The third-order valence-corrected chi connectivity index (χ3v) is 1.69. The molecule has 0 fully saturated rings. The molecule has 0 aromatic carbocycles. The summed E-state index contributed by atoms with van der Waals surface area (Å²) < 4.78 is 4.22. The summed E-state index contributed by atoms with van der Waals surface area (Å²) in [5.74, 6) is 0. The van der Waals surface area contributed by atoms with Crippen molar-refractivity contribution in [3.63, 3.8) is 0 Å². The van der Waals surface area contributed by atoms with E-state index in [9.17, 15) is 0 Å². The number of rotatable bonds is 4. The number of hydrogen-bond acceptors (Lipinski definition) is 1. The third-order valence-electron chi connectivity index (χ3n) is 1.69. The van der Waals surface area contributed by atoms with Crippen LogP contribution < -0.4 is 22.7 Å². The highest BCUT2D eigenvalue weighted by Crippen LogP contribution is 1.91. The molecular weight excluding hydrogens is 174 g/mol. The van der Waals surface area contributed by atoms with Crippen molar-refractivity contribution < 1.29 is 17.0 Å². The molecule has 0 aliphatic carbocycles. The lowest BCUT2D eigenvalue weighted by Crippen LogP contribution is -3.00. The van der Waals surface area contributed by atoms with Crippen LogP contribution in [0.25, 0.3) is 0 Å². The van der Waals surface area contributed by atoms with Crippen LogP contribution in [0.4, 0.5) is 0 Å². The molecule has 1 aromatic heterocycles. The summed E-state index contributed by atoms with van der Waals surface area (Å²) in [5.41, 5.74) is 5.38. The maximum atomic E-state index is 5.38. The van der Waals surface area contributed by atoms with E-state index in [1.54, 1.807) is 0 Å². The fraction of sp³-hybridized carbons (Fsp3) is 0.625. The quantitative estimate of drug-likeness (QED) is 0.399. The van der Waals surface area contributed by atoms with Gasteiger partial charge in [-0.3, -0.25) is 0 Å². The van der Waals surface area contributed by atoms with Gasteiger partial charge in [-0.2, -0.15) is 0 Å².